The first-order valence-corrected chi connectivity index (χ1v) is 6.48. The van der Waals surface area contributed by atoms with Gasteiger partial charge in [0.05, 0.1) is 23.8 Å². The third kappa shape index (κ3) is 2.41. The predicted molar refractivity (Wildman–Crippen MR) is 64.2 cm³/mol. The van der Waals surface area contributed by atoms with Crippen LogP contribution < -0.4 is 5.32 Å². The molecule has 0 saturated carbocycles. The van der Waals surface area contributed by atoms with Crippen LogP contribution in [-0.2, 0) is 11.3 Å². The maximum atomic E-state index is 12.1. The van der Waals surface area contributed by atoms with Crippen LogP contribution in [0.1, 0.15) is 19.0 Å². The van der Waals surface area contributed by atoms with Gasteiger partial charge in [0.2, 0.25) is 5.91 Å². The second kappa shape index (κ2) is 4.93. The SMILES string of the molecule is CC1CCNC1C(=O)N(C)Cc1cscn1. The average molecular weight is 239 g/mol. The van der Waals surface area contributed by atoms with Crippen molar-refractivity contribution in [2.24, 2.45) is 5.92 Å². The summed E-state index contributed by atoms with van der Waals surface area (Å²) in [7, 11) is 1.84. The van der Waals surface area contributed by atoms with Gasteiger partial charge < -0.3 is 10.2 Å². The number of likely N-dealkylation sites (N-methyl/N-ethyl adjacent to an activating group) is 1. The molecule has 1 N–H and O–H groups in total. The van der Waals surface area contributed by atoms with Gasteiger partial charge in [0.1, 0.15) is 0 Å². The quantitative estimate of drug-likeness (QED) is 0.859. The Bertz CT molecular complexity index is 352. The molecular weight excluding hydrogens is 222 g/mol. The van der Waals surface area contributed by atoms with Crippen LogP contribution in [0.25, 0.3) is 0 Å². The van der Waals surface area contributed by atoms with E-state index in [2.05, 4.69) is 17.2 Å². The molecule has 0 radical (unpaired) electrons. The highest BCUT2D eigenvalue weighted by atomic mass is 32.1. The number of thiazole rings is 1. The molecule has 1 fully saturated rings. The van der Waals surface area contributed by atoms with Gasteiger partial charge >= 0.3 is 0 Å². The lowest BCUT2D eigenvalue weighted by molar-refractivity contribution is -0.133. The molecule has 0 spiro atoms. The van der Waals surface area contributed by atoms with Crippen molar-refractivity contribution in [2.75, 3.05) is 13.6 Å². The van der Waals surface area contributed by atoms with Crippen molar-refractivity contribution in [1.82, 2.24) is 15.2 Å². The maximum absolute atomic E-state index is 12.1. The molecule has 2 unspecified atom stereocenters. The van der Waals surface area contributed by atoms with Gasteiger partial charge in [0.25, 0.3) is 0 Å². The maximum Gasteiger partial charge on any atom is 0.240 e. The van der Waals surface area contributed by atoms with Crippen molar-refractivity contribution in [2.45, 2.75) is 25.9 Å². The molecule has 0 aromatic carbocycles. The van der Waals surface area contributed by atoms with Crippen LogP contribution in [0.3, 0.4) is 0 Å². The lowest BCUT2D eigenvalue weighted by atomic mass is 10.0. The highest BCUT2D eigenvalue weighted by Crippen LogP contribution is 2.17. The minimum Gasteiger partial charge on any atom is -0.338 e. The van der Waals surface area contributed by atoms with Gasteiger partial charge in [-0.25, -0.2) is 4.98 Å². The zero-order chi connectivity index (χ0) is 11.5. The molecule has 5 heteroatoms. The zero-order valence-corrected chi connectivity index (χ0v) is 10.5. The van der Waals surface area contributed by atoms with Gasteiger partial charge in [-0.15, -0.1) is 11.3 Å². The molecule has 16 heavy (non-hydrogen) atoms. The fourth-order valence-electron chi connectivity index (χ4n) is 2.04. The van der Waals surface area contributed by atoms with Crippen molar-refractivity contribution in [3.05, 3.63) is 16.6 Å². The lowest BCUT2D eigenvalue weighted by Crippen LogP contribution is -2.43. The average Bonchev–Trinajstić information content (AvgIpc) is 2.88. The van der Waals surface area contributed by atoms with E-state index >= 15 is 0 Å². The molecule has 1 aliphatic rings. The third-order valence-electron chi connectivity index (χ3n) is 3.06. The fourth-order valence-corrected chi connectivity index (χ4v) is 2.59. The van der Waals surface area contributed by atoms with E-state index in [1.165, 1.54) is 0 Å². The van der Waals surface area contributed by atoms with E-state index in [1.807, 2.05) is 12.4 Å². The predicted octanol–water partition coefficient (Wildman–Crippen LogP) is 1.10. The Kier molecular flexibility index (Phi) is 3.56. The number of carbonyl (C=O) groups excluding carboxylic acids is 1. The second-order valence-corrected chi connectivity index (χ2v) is 5.09. The monoisotopic (exact) mass is 239 g/mol. The van der Waals surface area contributed by atoms with E-state index in [1.54, 1.807) is 21.7 Å². The molecule has 1 aromatic rings. The molecule has 1 aromatic heterocycles. The Balaban J connectivity index is 1.94. The van der Waals surface area contributed by atoms with Gasteiger partial charge in [-0.1, -0.05) is 6.92 Å². The number of rotatable bonds is 3. The van der Waals surface area contributed by atoms with E-state index in [0.29, 0.717) is 12.5 Å². The summed E-state index contributed by atoms with van der Waals surface area (Å²) < 4.78 is 0. The first-order chi connectivity index (χ1) is 7.68. The van der Waals surface area contributed by atoms with Crippen LogP contribution in [0, 0.1) is 5.92 Å². The Hall–Kier alpha value is -0.940. The summed E-state index contributed by atoms with van der Waals surface area (Å²) in [5, 5.41) is 5.24. The van der Waals surface area contributed by atoms with E-state index in [-0.39, 0.29) is 11.9 Å². The molecular formula is C11H17N3OS. The minimum atomic E-state index is -0.0105. The van der Waals surface area contributed by atoms with Crippen LogP contribution in [0.4, 0.5) is 0 Å². The number of nitrogens with zero attached hydrogens (tertiary/aromatic N) is 2. The molecule has 2 rings (SSSR count). The Labute approximate surface area is 99.7 Å². The normalized spacial score (nSPS) is 24.6. The molecule has 0 bridgehead atoms. The summed E-state index contributed by atoms with van der Waals surface area (Å²) >= 11 is 1.56. The molecule has 1 saturated heterocycles. The number of hydrogen-bond donors (Lipinski definition) is 1. The Morgan fingerprint density at radius 1 is 1.75 bits per heavy atom. The summed E-state index contributed by atoms with van der Waals surface area (Å²) in [5.41, 5.74) is 2.76. The highest BCUT2D eigenvalue weighted by molar-refractivity contribution is 7.07. The first kappa shape index (κ1) is 11.5. The van der Waals surface area contributed by atoms with Crippen molar-refractivity contribution in [1.29, 1.82) is 0 Å². The van der Waals surface area contributed by atoms with Crippen molar-refractivity contribution in [3.8, 4) is 0 Å². The highest BCUT2D eigenvalue weighted by Gasteiger charge is 2.31. The number of carbonyl (C=O) groups is 1. The second-order valence-electron chi connectivity index (χ2n) is 4.37. The van der Waals surface area contributed by atoms with Gasteiger partial charge in [-0.2, -0.15) is 0 Å². The van der Waals surface area contributed by atoms with E-state index in [9.17, 15) is 4.79 Å². The molecule has 88 valence electrons. The largest absolute Gasteiger partial charge is 0.338 e. The molecule has 0 aliphatic carbocycles. The Morgan fingerprint density at radius 3 is 3.12 bits per heavy atom. The summed E-state index contributed by atoms with van der Waals surface area (Å²) in [5.74, 6) is 0.614. The van der Waals surface area contributed by atoms with E-state index in [4.69, 9.17) is 0 Å². The zero-order valence-electron chi connectivity index (χ0n) is 9.64. The standard InChI is InChI=1S/C11H17N3OS/c1-8-3-4-12-10(8)11(15)14(2)5-9-6-16-7-13-9/h6-8,10,12H,3-5H2,1-2H3. The van der Waals surface area contributed by atoms with Crippen molar-refractivity contribution >= 4 is 17.2 Å². The van der Waals surface area contributed by atoms with Crippen LogP contribution >= 0.6 is 11.3 Å². The first-order valence-electron chi connectivity index (χ1n) is 5.54. The van der Waals surface area contributed by atoms with E-state index < -0.39 is 0 Å². The topological polar surface area (TPSA) is 45.2 Å². The number of aromatic nitrogens is 1. The minimum absolute atomic E-state index is 0.0105. The third-order valence-corrected chi connectivity index (χ3v) is 3.69. The fraction of sp³-hybridized carbons (Fsp3) is 0.636. The lowest BCUT2D eigenvalue weighted by Gasteiger charge is -2.22. The van der Waals surface area contributed by atoms with Crippen LogP contribution in [0.5, 0.6) is 0 Å². The van der Waals surface area contributed by atoms with Crippen LogP contribution in [-0.4, -0.2) is 35.4 Å². The molecule has 2 heterocycles. The van der Waals surface area contributed by atoms with Crippen molar-refractivity contribution in [3.63, 3.8) is 0 Å². The molecule has 1 amide bonds. The van der Waals surface area contributed by atoms with E-state index in [0.717, 1.165) is 18.7 Å². The van der Waals surface area contributed by atoms with Crippen LogP contribution in [0.15, 0.2) is 10.9 Å². The number of hydrogen-bond acceptors (Lipinski definition) is 4. The number of amides is 1. The smallest absolute Gasteiger partial charge is 0.240 e. The molecule has 2 atom stereocenters. The number of nitrogens with one attached hydrogen (secondary N) is 1. The summed E-state index contributed by atoms with van der Waals surface area (Å²) in [6.45, 7) is 3.68. The van der Waals surface area contributed by atoms with Gasteiger partial charge in [0, 0.05) is 12.4 Å². The van der Waals surface area contributed by atoms with Gasteiger partial charge in [-0.05, 0) is 18.9 Å². The molecule has 1 aliphatic heterocycles. The van der Waals surface area contributed by atoms with Crippen molar-refractivity contribution < 1.29 is 4.79 Å². The Morgan fingerprint density at radius 2 is 2.56 bits per heavy atom. The van der Waals surface area contributed by atoms with Gasteiger partial charge in [0.15, 0.2) is 0 Å². The molecule has 4 nitrogen and oxygen atoms in total. The summed E-state index contributed by atoms with van der Waals surface area (Å²) in [4.78, 5) is 18.1. The summed E-state index contributed by atoms with van der Waals surface area (Å²) in [6.07, 6.45) is 1.08. The summed E-state index contributed by atoms with van der Waals surface area (Å²) in [6, 6.07) is -0.0105. The van der Waals surface area contributed by atoms with Gasteiger partial charge in [-0.3, -0.25) is 4.79 Å². The van der Waals surface area contributed by atoms with Crippen LogP contribution in [0.2, 0.25) is 0 Å².